The van der Waals surface area contributed by atoms with Crippen molar-refractivity contribution >= 4 is 23.4 Å². The van der Waals surface area contributed by atoms with Crippen molar-refractivity contribution < 1.29 is 4.79 Å². The zero-order chi connectivity index (χ0) is 12.1. The van der Waals surface area contributed by atoms with Crippen LogP contribution < -0.4 is 10.6 Å². The van der Waals surface area contributed by atoms with Gasteiger partial charge in [0.15, 0.2) is 0 Å². The third-order valence-electron chi connectivity index (χ3n) is 2.95. The van der Waals surface area contributed by atoms with E-state index in [0.717, 1.165) is 31.5 Å². The number of hydrogen-bond acceptors (Lipinski definition) is 3. The second-order valence-electron chi connectivity index (χ2n) is 4.22. The molecule has 0 bridgehead atoms. The Hall–Kier alpha value is -1.16. The average molecular weight is 250 g/mol. The lowest BCUT2D eigenvalue weighted by atomic mass is 10.1. The summed E-state index contributed by atoms with van der Waals surface area (Å²) in [6.45, 7) is 0.807. The highest BCUT2D eigenvalue weighted by atomic mass is 32.2. The molecule has 1 unspecified atom stereocenters. The van der Waals surface area contributed by atoms with Gasteiger partial charge in [0.2, 0.25) is 5.91 Å². The Bertz CT molecular complexity index is 395. The smallest absolute Gasteiger partial charge is 0.242 e. The second-order valence-corrected chi connectivity index (χ2v) is 5.10. The Morgan fingerprint density at radius 1 is 1.41 bits per heavy atom. The van der Waals surface area contributed by atoms with Crippen molar-refractivity contribution in [2.75, 3.05) is 18.1 Å². The van der Waals surface area contributed by atoms with Gasteiger partial charge in [-0.25, -0.2) is 0 Å². The van der Waals surface area contributed by atoms with Gasteiger partial charge < -0.3 is 10.6 Å². The molecule has 1 heterocycles. The Kier molecular flexibility index (Phi) is 4.31. The summed E-state index contributed by atoms with van der Waals surface area (Å²) in [4.78, 5) is 13.0. The number of carbonyl (C=O) groups is 1. The minimum Gasteiger partial charge on any atom is -0.374 e. The molecule has 1 aromatic carbocycles. The van der Waals surface area contributed by atoms with Crippen molar-refractivity contribution in [3.8, 4) is 0 Å². The first kappa shape index (κ1) is 12.3. The van der Waals surface area contributed by atoms with Crippen molar-refractivity contribution in [1.29, 1.82) is 0 Å². The number of nitrogens with one attached hydrogen (secondary N) is 2. The monoisotopic (exact) mass is 250 g/mol. The Balaban J connectivity index is 2.05. The van der Waals surface area contributed by atoms with Gasteiger partial charge in [-0.15, -0.1) is 11.8 Å². The van der Waals surface area contributed by atoms with Crippen LogP contribution in [-0.4, -0.2) is 24.7 Å². The summed E-state index contributed by atoms with van der Waals surface area (Å²) >= 11 is 1.71. The predicted molar refractivity (Wildman–Crippen MR) is 72.5 cm³/mol. The standard InChI is InChI=1S/C13H18N2OS/c1-17-11-6-4-5-10(9-11)15-12-7-2-3-8-14-13(12)16/h4-6,9,12,15H,2-3,7-8H2,1H3,(H,14,16). The second kappa shape index (κ2) is 5.96. The molecule has 1 atom stereocenters. The molecule has 0 radical (unpaired) electrons. The molecule has 0 aromatic heterocycles. The van der Waals surface area contributed by atoms with Crippen molar-refractivity contribution in [1.82, 2.24) is 5.32 Å². The highest BCUT2D eigenvalue weighted by Crippen LogP contribution is 2.20. The lowest BCUT2D eigenvalue weighted by Gasteiger charge is -2.16. The Morgan fingerprint density at radius 3 is 3.12 bits per heavy atom. The van der Waals surface area contributed by atoms with Crippen LogP contribution in [0.4, 0.5) is 5.69 Å². The fourth-order valence-corrected chi connectivity index (χ4v) is 2.45. The fourth-order valence-electron chi connectivity index (χ4n) is 1.99. The molecule has 1 aliphatic heterocycles. The molecule has 0 saturated carbocycles. The average Bonchev–Trinajstić information content (AvgIpc) is 2.55. The summed E-state index contributed by atoms with van der Waals surface area (Å²) in [6.07, 6.45) is 5.14. The van der Waals surface area contributed by atoms with Gasteiger partial charge in [0.1, 0.15) is 6.04 Å². The quantitative estimate of drug-likeness (QED) is 0.810. The van der Waals surface area contributed by atoms with E-state index in [0.29, 0.717) is 0 Å². The molecule has 1 aromatic rings. The van der Waals surface area contributed by atoms with Gasteiger partial charge in [0, 0.05) is 17.1 Å². The normalized spacial score (nSPS) is 20.5. The molecule has 1 fully saturated rings. The first-order valence-corrected chi connectivity index (χ1v) is 7.20. The number of rotatable bonds is 3. The minimum atomic E-state index is -0.0883. The van der Waals surface area contributed by atoms with Crippen LogP contribution in [0.1, 0.15) is 19.3 Å². The van der Waals surface area contributed by atoms with Gasteiger partial charge in [-0.1, -0.05) is 6.07 Å². The zero-order valence-corrected chi connectivity index (χ0v) is 10.8. The van der Waals surface area contributed by atoms with E-state index in [1.807, 2.05) is 12.1 Å². The molecule has 2 rings (SSSR count). The van der Waals surface area contributed by atoms with Gasteiger partial charge in [0.05, 0.1) is 0 Å². The SMILES string of the molecule is CSc1cccc(NC2CCCCNC2=O)c1. The van der Waals surface area contributed by atoms with Crippen LogP contribution in [0.2, 0.25) is 0 Å². The van der Waals surface area contributed by atoms with Crippen LogP contribution in [0.3, 0.4) is 0 Å². The molecule has 92 valence electrons. The van der Waals surface area contributed by atoms with E-state index in [2.05, 4.69) is 29.0 Å². The first-order valence-electron chi connectivity index (χ1n) is 5.98. The lowest BCUT2D eigenvalue weighted by Crippen LogP contribution is -2.37. The molecule has 2 N–H and O–H groups in total. The maximum atomic E-state index is 11.8. The van der Waals surface area contributed by atoms with E-state index < -0.39 is 0 Å². The van der Waals surface area contributed by atoms with E-state index in [1.165, 1.54) is 4.90 Å². The Morgan fingerprint density at radius 2 is 2.29 bits per heavy atom. The molecule has 1 saturated heterocycles. The summed E-state index contributed by atoms with van der Waals surface area (Å²) in [5.41, 5.74) is 1.03. The van der Waals surface area contributed by atoms with Gasteiger partial charge in [-0.2, -0.15) is 0 Å². The van der Waals surface area contributed by atoms with E-state index in [4.69, 9.17) is 0 Å². The summed E-state index contributed by atoms with van der Waals surface area (Å²) < 4.78 is 0. The molecule has 0 spiro atoms. The number of benzene rings is 1. The van der Waals surface area contributed by atoms with E-state index in [9.17, 15) is 4.79 Å². The summed E-state index contributed by atoms with van der Waals surface area (Å²) in [7, 11) is 0. The number of thioether (sulfide) groups is 1. The van der Waals surface area contributed by atoms with E-state index in [-0.39, 0.29) is 11.9 Å². The maximum absolute atomic E-state index is 11.8. The summed E-state index contributed by atoms with van der Waals surface area (Å²) in [6, 6.07) is 8.10. The van der Waals surface area contributed by atoms with Crippen molar-refractivity contribution in [2.24, 2.45) is 0 Å². The van der Waals surface area contributed by atoms with Crippen LogP contribution in [0, 0.1) is 0 Å². The van der Waals surface area contributed by atoms with Crippen LogP contribution in [0.15, 0.2) is 29.2 Å². The van der Waals surface area contributed by atoms with Crippen molar-refractivity contribution in [3.05, 3.63) is 24.3 Å². The Labute approximate surface area is 106 Å². The largest absolute Gasteiger partial charge is 0.374 e. The van der Waals surface area contributed by atoms with Crippen LogP contribution in [0.5, 0.6) is 0 Å². The molecule has 1 amide bonds. The number of anilines is 1. The highest BCUT2D eigenvalue weighted by molar-refractivity contribution is 7.98. The minimum absolute atomic E-state index is 0.0883. The molecular formula is C13H18N2OS. The number of amides is 1. The highest BCUT2D eigenvalue weighted by Gasteiger charge is 2.19. The summed E-state index contributed by atoms with van der Waals surface area (Å²) in [5.74, 6) is 0.122. The van der Waals surface area contributed by atoms with Crippen LogP contribution in [-0.2, 0) is 4.79 Å². The van der Waals surface area contributed by atoms with Gasteiger partial charge in [0.25, 0.3) is 0 Å². The van der Waals surface area contributed by atoms with Gasteiger partial charge in [-0.05, 0) is 43.7 Å². The third-order valence-corrected chi connectivity index (χ3v) is 3.67. The molecule has 17 heavy (non-hydrogen) atoms. The molecule has 0 aliphatic carbocycles. The maximum Gasteiger partial charge on any atom is 0.242 e. The number of carbonyl (C=O) groups excluding carboxylic acids is 1. The van der Waals surface area contributed by atoms with Crippen molar-refractivity contribution in [2.45, 2.75) is 30.2 Å². The van der Waals surface area contributed by atoms with Crippen LogP contribution in [0.25, 0.3) is 0 Å². The zero-order valence-electron chi connectivity index (χ0n) is 10.0. The number of hydrogen-bond donors (Lipinski definition) is 2. The van der Waals surface area contributed by atoms with Gasteiger partial charge in [-0.3, -0.25) is 4.79 Å². The molecule has 1 aliphatic rings. The molecular weight excluding hydrogens is 232 g/mol. The van der Waals surface area contributed by atoms with Crippen LogP contribution >= 0.6 is 11.8 Å². The van der Waals surface area contributed by atoms with Crippen molar-refractivity contribution in [3.63, 3.8) is 0 Å². The fraction of sp³-hybridized carbons (Fsp3) is 0.462. The lowest BCUT2D eigenvalue weighted by molar-refractivity contribution is -0.121. The van der Waals surface area contributed by atoms with Gasteiger partial charge >= 0.3 is 0 Å². The topological polar surface area (TPSA) is 41.1 Å². The third kappa shape index (κ3) is 3.40. The molecule has 3 nitrogen and oxygen atoms in total. The summed E-state index contributed by atoms with van der Waals surface area (Å²) in [5, 5.41) is 6.26. The van der Waals surface area contributed by atoms with E-state index >= 15 is 0 Å². The van der Waals surface area contributed by atoms with E-state index in [1.54, 1.807) is 11.8 Å². The molecule has 4 heteroatoms. The predicted octanol–water partition coefficient (Wildman–Crippen LogP) is 2.49. The first-order chi connectivity index (χ1) is 8.29.